The molecule has 0 aromatic heterocycles. The highest BCUT2D eigenvalue weighted by Gasteiger charge is 2.14. The van der Waals surface area contributed by atoms with E-state index >= 15 is 0 Å². The van der Waals surface area contributed by atoms with Crippen molar-refractivity contribution in [2.75, 3.05) is 41.9 Å². The van der Waals surface area contributed by atoms with Gasteiger partial charge in [0.05, 0.1) is 0 Å². The first-order chi connectivity index (χ1) is 14.6. The van der Waals surface area contributed by atoms with E-state index in [0.717, 1.165) is 23.3 Å². The summed E-state index contributed by atoms with van der Waals surface area (Å²) in [5, 5.41) is 0. The summed E-state index contributed by atoms with van der Waals surface area (Å²) in [4.78, 5) is 17.7. The summed E-state index contributed by atoms with van der Waals surface area (Å²) in [5.41, 5.74) is 7.76. The SMILES string of the molecule is Cc1cc(N(C)c2ccc(N3CCCC3)cc2)ccc1N(C)c1ccc(C=O)cc1. The molecule has 154 valence electrons. The van der Waals surface area contributed by atoms with Crippen LogP contribution in [0.4, 0.5) is 28.4 Å². The zero-order chi connectivity index (χ0) is 21.1. The van der Waals surface area contributed by atoms with Crippen LogP contribution in [0.2, 0.25) is 0 Å². The molecule has 1 aliphatic heterocycles. The number of nitrogens with zero attached hydrogens (tertiary/aromatic N) is 3. The molecule has 4 nitrogen and oxygen atoms in total. The molecule has 0 unspecified atom stereocenters. The molecular formula is C26H29N3O. The third kappa shape index (κ3) is 4.04. The molecule has 0 spiro atoms. The smallest absolute Gasteiger partial charge is 0.150 e. The molecule has 0 aliphatic carbocycles. The highest BCUT2D eigenvalue weighted by atomic mass is 16.1. The average Bonchev–Trinajstić information content (AvgIpc) is 3.33. The van der Waals surface area contributed by atoms with Gasteiger partial charge >= 0.3 is 0 Å². The summed E-state index contributed by atoms with van der Waals surface area (Å²) in [5.74, 6) is 0. The zero-order valence-electron chi connectivity index (χ0n) is 18.0. The van der Waals surface area contributed by atoms with Gasteiger partial charge in [0, 0.05) is 61.2 Å². The van der Waals surface area contributed by atoms with Crippen LogP contribution in [0.5, 0.6) is 0 Å². The maximum atomic E-state index is 10.9. The summed E-state index contributed by atoms with van der Waals surface area (Å²) >= 11 is 0. The maximum absolute atomic E-state index is 10.9. The van der Waals surface area contributed by atoms with Crippen LogP contribution in [0.15, 0.2) is 66.7 Å². The number of carbonyl (C=O) groups is 1. The number of hydrogen-bond acceptors (Lipinski definition) is 4. The van der Waals surface area contributed by atoms with Crippen LogP contribution in [0.1, 0.15) is 28.8 Å². The molecule has 0 bridgehead atoms. The van der Waals surface area contributed by atoms with E-state index in [1.165, 1.54) is 42.9 Å². The summed E-state index contributed by atoms with van der Waals surface area (Å²) in [6.07, 6.45) is 3.46. The van der Waals surface area contributed by atoms with E-state index in [-0.39, 0.29) is 0 Å². The quantitative estimate of drug-likeness (QED) is 0.479. The molecule has 0 atom stereocenters. The minimum Gasteiger partial charge on any atom is -0.372 e. The van der Waals surface area contributed by atoms with E-state index in [1.807, 2.05) is 24.3 Å². The lowest BCUT2D eigenvalue weighted by atomic mass is 10.1. The topological polar surface area (TPSA) is 26.8 Å². The van der Waals surface area contributed by atoms with Crippen molar-refractivity contribution in [1.29, 1.82) is 0 Å². The zero-order valence-corrected chi connectivity index (χ0v) is 18.0. The second kappa shape index (κ2) is 8.62. The fourth-order valence-electron chi connectivity index (χ4n) is 4.15. The van der Waals surface area contributed by atoms with Crippen molar-refractivity contribution < 1.29 is 4.79 Å². The number of carbonyl (C=O) groups excluding carboxylic acids is 1. The molecule has 0 saturated carbocycles. The molecule has 1 saturated heterocycles. The second-order valence-corrected chi connectivity index (χ2v) is 8.01. The Labute approximate surface area is 179 Å². The van der Waals surface area contributed by atoms with Crippen LogP contribution < -0.4 is 14.7 Å². The van der Waals surface area contributed by atoms with Crippen molar-refractivity contribution in [1.82, 2.24) is 0 Å². The molecule has 0 amide bonds. The van der Waals surface area contributed by atoms with E-state index in [1.54, 1.807) is 0 Å². The molecule has 1 aliphatic rings. The van der Waals surface area contributed by atoms with Crippen LogP contribution >= 0.6 is 0 Å². The van der Waals surface area contributed by atoms with E-state index in [9.17, 15) is 4.79 Å². The Morgan fingerprint density at radius 1 is 0.767 bits per heavy atom. The first-order valence-corrected chi connectivity index (χ1v) is 10.6. The molecule has 3 aromatic rings. The van der Waals surface area contributed by atoms with Crippen molar-refractivity contribution in [2.24, 2.45) is 0 Å². The third-order valence-corrected chi connectivity index (χ3v) is 6.05. The van der Waals surface area contributed by atoms with E-state index in [2.05, 4.69) is 78.2 Å². The average molecular weight is 400 g/mol. The van der Waals surface area contributed by atoms with Gasteiger partial charge in [-0.25, -0.2) is 0 Å². The normalized spacial score (nSPS) is 13.4. The highest BCUT2D eigenvalue weighted by molar-refractivity contribution is 5.77. The second-order valence-electron chi connectivity index (χ2n) is 8.01. The Kier molecular flexibility index (Phi) is 5.75. The van der Waals surface area contributed by atoms with Crippen molar-refractivity contribution >= 4 is 34.7 Å². The van der Waals surface area contributed by atoms with Gasteiger partial charge in [-0.2, -0.15) is 0 Å². The first kappa shape index (κ1) is 20.0. The molecule has 0 radical (unpaired) electrons. The van der Waals surface area contributed by atoms with Crippen molar-refractivity contribution in [3.05, 3.63) is 77.9 Å². The van der Waals surface area contributed by atoms with Gasteiger partial charge in [-0.15, -0.1) is 0 Å². The van der Waals surface area contributed by atoms with Crippen LogP contribution in [0.3, 0.4) is 0 Å². The minimum absolute atomic E-state index is 0.691. The number of hydrogen-bond donors (Lipinski definition) is 0. The summed E-state index contributed by atoms with van der Waals surface area (Å²) < 4.78 is 0. The lowest BCUT2D eigenvalue weighted by Gasteiger charge is -2.25. The Morgan fingerprint density at radius 3 is 1.93 bits per heavy atom. The summed E-state index contributed by atoms with van der Waals surface area (Å²) in [7, 11) is 4.17. The van der Waals surface area contributed by atoms with Gasteiger partial charge in [0.15, 0.2) is 0 Å². The number of aldehydes is 1. The molecule has 1 heterocycles. The molecule has 30 heavy (non-hydrogen) atoms. The third-order valence-electron chi connectivity index (χ3n) is 6.05. The first-order valence-electron chi connectivity index (χ1n) is 10.6. The predicted octanol–water partition coefficient (Wildman–Crippen LogP) is 5.94. The van der Waals surface area contributed by atoms with E-state index in [0.29, 0.717) is 5.56 Å². The minimum atomic E-state index is 0.691. The standard InChI is InChI=1S/C26H29N3O/c1-20-18-25(14-15-26(20)28(3)23-8-6-21(19-30)7-9-23)27(2)22-10-12-24(13-11-22)29-16-4-5-17-29/h6-15,18-19H,4-5,16-17H2,1-3H3. The van der Waals surface area contributed by atoms with Crippen LogP contribution in [-0.4, -0.2) is 33.5 Å². The fourth-order valence-corrected chi connectivity index (χ4v) is 4.15. The van der Waals surface area contributed by atoms with E-state index in [4.69, 9.17) is 0 Å². The Morgan fingerprint density at radius 2 is 1.33 bits per heavy atom. The van der Waals surface area contributed by atoms with Crippen molar-refractivity contribution in [3.8, 4) is 0 Å². The summed E-state index contributed by atoms with van der Waals surface area (Å²) in [6, 6.07) is 23.1. The van der Waals surface area contributed by atoms with Gasteiger partial charge < -0.3 is 14.7 Å². The van der Waals surface area contributed by atoms with Gasteiger partial charge in [0.25, 0.3) is 0 Å². The van der Waals surface area contributed by atoms with Crippen LogP contribution in [0, 0.1) is 6.92 Å². The predicted molar refractivity (Wildman–Crippen MR) is 127 cm³/mol. The van der Waals surface area contributed by atoms with Crippen LogP contribution in [-0.2, 0) is 0 Å². The Balaban J connectivity index is 1.52. The maximum Gasteiger partial charge on any atom is 0.150 e. The molecule has 1 fully saturated rings. The number of anilines is 5. The number of aryl methyl sites for hydroxylation is 1. The lowest BCUT2D eigenvalue weighted by molar-refractivity contribution is 0.112. The van der Waals surface area contributed by atoms with Crippen LogP contribution in [0.25, 0.3) is 0 Å². The van der Waals surface area contributed by atoms with Crippen molar-refractivity contribution in [3.63, 3.8) is 0 Å². The van der Waals surface area contributed by atoms with E-state index < -0.39 is 0 Å². The molecule has 4 heteroatoms. The molecular weight excluding hydrogens is 370 g/mol. The summed E-state index contributed by atoms with van der Waals surface area (Å²) in [6.45, 7) is 4.47. The lowest BCUT2D eigenvalue weighted by Crippen LogP contribution is -2.17. The molecule has 0 N–H and O–H groups in total. The number of benzene rings is 3. The largest absolute Gasteiger partial charge is 0.372 e. The van der Waals surface area contributed by atoms with Gasteiger partial charge in [-0.05, 0) is 92.1 Å². The van der Waals surface area contributed by atoms with Crippen molar-refractivity contribution in [2.45, 2.75) is 19.8 Å². The number of rotatable bonds is 6. The van der Waals surface area contributed by atoms with Gasteiger partial charge in [-0.1, -0.05) is 0 Å². The molecule has 3 aromatic carbocycles. The Hall–Kier alpha value is -3.27. The molecule has 4 rings (SSSR count). The van der Waals surface area contributed by atoms with Gasteiger partial charge in [0.1, 0.15) is 6.29 Å². The van der Waals surface area contributed by atoms with Gasteiger partial charge in [0.2, 0.25) is 0 Å². The fraction of sp³-hybridized carbons (Fsp3) is 0.269. The highest BCUT2D eigenvalue weighted by Crippen LogP contribution is 2.33. The Bertz CT molecular complexity index is 1010. The van der Waals surface area contributed by atoms with Gasteiger partial charge in [-0.3, -0.25) is 4.79 Å². The monoisotopic (exact) mass is 399 g/mol.